The summed E-state index contributed by atoms with van der Waals surface area (Å²) in [5.41, 5.74) is 2.71. The van der Waals surface area contributed by atoms with Gasteiger partial charge in [0.25, 0.3) is 0 Å². The van der Waals surface area contributed by atoms with Crippen molar-refractivity contribution in [3.63, 3.8) is 0 Å². The van der Waals surface area contributed by atoms with Crippen LogP contribution in [0.15, 0.2) is 18.2 Å². The van der Waals surface area contributed by atoms with E-state index in [1.165, 1.54) is 10.3 Å². The Kier molecular flexibility index (Phi) is 3.46. The second kappa shape index (κ2) is 5.10. The fourth-order valence-electron chi connectivity index (χ4n) is 2.44. The topological polar surface area (TPSA) is 34.1 Å². The van der Waals surface area contributed by atoms with Crippen molar-refractivity contribution in [2.24, 2.45) is 5.41 Å². The van der Waals surface area contributed by atoms with Crippen molar-refractivity contribution in [2.45, 2.75) is 26.7 Å². The van der Waals surface area contributed by atoms with Crippen LogP contribution >= 0.6 is 11.3 Å². The van der Waals surface area contributed by atoms with Crippen LogP contribution in [0.3, 0.4) is 0 Å². The molecule has 0 atom stereocenters. The molecule has 3 nitrogen and oxygen atoms in total. The van der Waals surface area contributed by atoms with E-state index in [4.69, 9.17) is 4.74 Å². The summed E-state index contributed by atoms with van der Waals surface area (Å²) in [5.74, 6) is 0. The first-order chi connectivity index (χ1) is 9.15. The number of thiazole rings is 1. The molecular weight excluding hydrogens is 256 g/mol. The van der Waals surface area contributed by atoms with E-state index in [0.717, 1.165) is 43.2 Å². The number of nitrogens with one attached hydrogen (secondary N) is 1. The molecule has 1 aliphatic rings. The fraction of sp³-hybridized carbons (Fsp3) is 0.533. The quantitative estimate of drug-likeness (QED) is 0.925. The minimum absolute atomic E-state index is 0.339. The smallest absolute Gasteiger partial charge is 0.183 e. The van der Waals surface area contributed by atoms with E-state index in [-0.39, 0.29) is 0 Å². The Morgan fingerprint density at radius 2 is 2.16 bits per heavy atom. The van der Waals surface area contributed by atoms with Gasteiger partial charge < -0.3 is 10.1 Å². The van der Waals surface area contributed by atoms with Crippen LogP contribution < -0.4 is 5.32 Å². The van der Waals surface area contributed by atoms with Crippen LogP contribution in [0, 0.1) is 12.3 Å². The van der Waals surface area contributed by atoms with Gasteiger partial charge in [0.1, 0.15) is 0 Å². The molecule has 0 amide bonds. The maximum Gasteiger partial charge on any atom is 0.183 e. The molecule has 0 unspecified atom stereocenters. The maximum atomic E-state index is 5.44. The van der Waals surface area contributed by atoms with E-state index in [2.05, 4.69) is 42.3 Å². The molecule has 0 spiro atoms. The molecule has 2 aromatic rings. The number of ether oxygens (including phenoxy) is 1. The molecule has 19 heavy (non-hydrogen) atoms. The van der Waals surface area contributed by atoms with Gasteiger partial charge in [-0.3, -0.25) is 0 Å². The van der Waals surface area contributed by atoms with Gasteiger partial charge in [-0.15, -0.1) is 0 Å². The number of benzene rings is 1. The Morgan fingerprint density at radius 1 is 1.37 bits per heavy atom. The number of rotatable bonds is 3. The van der Waals surface area contributed by atoms with Gasteiger partial charge in [-0.1, -0.05) is 24.3 Å². The third-order valence-corrected chi connectivity index (χ3v) is 4.90. The highest BCUT2D eigenvalue weighted by atomic mass is 32.1. The predicted molar refractivity (Wildman–Crippen MR) is 81.0 cm³/mol. The van der Waals surface area contributed by atoms with Crippen LogP contribution in [0.25, 0.3) is 10.2 Å². The zero-order valence-corrected chi connectivity index (χ0v) is 12.3. The molecule has 0 aliphatic carbocycles. The van der Waals surface area contributed by atoms with Gasteiger partial charge in [0.2, 0.25) is 0 Å². The van der Waals surface area contributed by atoms with Gasteiger partial charge in [0.05, 0.1) is 10.2 Å². The lowest BCUT2D eigenvalue weighted by atomic mass is 9.82. The Bertz CT molecular complexity index is 573. The lowest BCUT2D eigenvalue weighted by Gasteiger charge is -2.33. The van der Waals surface area contributed by atoms with Gasteiger partial charge in [-0.2, -0.15) is 0 Å². The second-order valence-corrected chi connectivity index (χ2v) is 6.80. The Labute approximate surface area is 118 Å². The molecule has 1 N–H and O–H groups in total. The fourth-order valence-corrected chi connectivity index (χ4v) is 3.28. The SMILES string of the molecule is Cc1ccc2sc(NCC3(C)CCOCC3)nc2c1. The minimum Gasteiger partial charge on any atom is -0.381 e. The number of hydrogen-bond acceptors (Lipinski definition) is 4. The molecule has 3 rings (SSSR count). The molecule has 2 heterocycles. The molecule has 1 saturated heterocycles. The molecule has 4 heteroatoms. The zero-order chi connectivity index (χ0) is 13.3. The van der Waals surface area contributed by atoms with Crippen molar-refractivity contribution in [1.29, 1.82) is 0 Å². The Morgan fingerprint density at radius 3 is 2.95 bits per heavy atom. The summed E-state index contributed by atoms with van der Waals surface area (Å²) >= 11 is 1.74. The normalized spacial score (nSPS) is 18.6. The standard InChI is InChI=1S/C15H20N2OS/c1-11-3-4-13-12(9-11)17-14(19-13)16-10-15(2)5-7-18-8-6-15/h3-4,9H,5-8,10H2,1-2H3,(H,16,17). The first-order valence-corrected chi connectivity index (χ1v) is 7.65. The van der Waals surface area contributed by atoms with Gasteiger partial charge >= 0.3 is 0 Å². The molecular formula is C15H20N2OS. The monoisotopic (exact) mass is 276 g/mol. The third kappa shape index (κ3) is 2.90. The van der Waals surface area contributed by atoms with E-state index in [9.17, 15) is 0 Å². The van der Waals surface area contributed by atoms with Crippen molar-refractivity contribution >= 4 is 26.7 Å². The predicted octanol–water partition coefficient (Wildman–Crippen LogP) is 3.83. The number of nitrogens with zero attached hydrogens (tertiary/aromatic N) is 1. The average Bonchev–Trinajstić information content (AvgIpc) is 2.79. The molecule has 0 radical (unpaired) electrons. The largest absolute Gasteiger partial charge is 0.381 e. The highest BCUT2D eigenvalue weighted by molar-refractivity contribution is 7.22. The van der Waals surface area contributed by atoms with E-state index >= 15 is 0 Å². The number of aromatic nitrogens is 1. The summed E-state index contributed by atoms with van der Waals surface area (Å²) in [4.78, 5) is 4.67. The first kappa shape index (κ1) is 12.9. The van der Waals surface area contributed by atoms with Crippen LogP contribution in [0.5, 0.6) is 0 Å². The van der Waals surface area contributed by atoms with Crippen LogP contribution in [0.1, 0.15) is 25.3 Å². The second-order valence-electron chi connectivity index (χ2n) is 5.77. The van der Waals surface area contributed by atoms with Gasteiger partial charge in [0.15, 0.2) is 5.13 Å². The summed E-state index contributed by atoms with van der Waals surface area (Å²) in [7, 11) is 0. The number of hydrogen-bond donors (Lipinski definition) is 1. The Hall–Kier alpha value is -1.13. The summed E-state index contributed by atoms with van der Waals surface area (Å²) in [5, 5.41) is 4.55. The molecule has 0 saturated carbocycles. The number of aryl methyl sites for hydroxylation is 1. The molecule has 102 valence electrons. The lowest BCUT2D eigenvalue weighted by molar-refractivity contribution is 0.0300. The van der Waals surface area contributed by atoms with Crippen LogP contribution in [0.4, 0.5) is 5.13 Å². The summed E-state index contributed by atoms with van der Waals surface area (Å²) in [6.07, 6.45) is 2.26. The summed E-state index contributed by atoms with van der Waals surface area (Å²) in [6.45, 7) is 7.19. The highest BCUT2D eigenvalue weighted by Gasteiger charge is 2.27. The minimum atomic E-state index is 0.339. The molecule has 1 aromatic heterocycles. The third-order valence-electron chi connectivity index (χ3n) is 3.91. The molecule has 0 bridgehead atoms. The number of fused-ring (bicyclic) bond motifs is 1. The van der Waals surface area contributed by atoms with Crippen LogP contribution in [-0.2, 0) is 4.74 Å². The molecule has 1 aromatic carbocycles. The summed E-state index contributed by atoms with van der Waals surface area (Å²) < 4.78 is 6.69. The van der Waals surface area contributed by atoms with Crippen molar-refractivity contribution in [3.8, 4) is 0 Å². The van der Waals surface area contributed by atoms with Gasteiger partial charge in [-0.05, 0) is 42.9 Å². The molecule has 1 fully saturated rings. The van der Waals surface area contributed by atoms with Crippen LogP contribution in [-0.4, -0.2) is 24.7 Å². The lowest BCUT2D eigenvalue weighted by Crippen LogP contribution is -2.33. The Balaban J connectivity index is 1.71. The van der Waals surface area contributed by atoms with E-state index in [1.807, 2.05) is 0 Å². The summed E-state index contributed by atoms with van der Waals surface area (Å²) in [6, 6.07) is 6.45. The van der Waals surface area contributed by atoms with E-state index < -0.39 is 0 Å². The first-order valence-electron chi connectivity index (χ1n) is 6.84. The van der Waals surface area contributed by atoms with Gasteiger partial charge in [-0.25, -0.2) is 4.98 Å². The van der Waals surface area contributed by atoms with Gasteiger partial charge in [0, 0.05) is 19.8 Å². The molecule has 1 aliphatic heterocycles. The van der Waals surface area contributed by atoms with Crippen molar-refractivity contribution < 1.29 is 4.74 Å². The van der Waals surface area contributed by atoms with Crippen molar-refractivity contribution in [1.82, 2.24) is 4.98 Å². The van der Waals surface area contributed by atoms with E-state index in [1.54, 1.807) is 11.3 Å². The zero-order valence-electron chi connectivity index (χ0n) is 11.5. The maximum absolute atomic E-state index is 5.44. The van der Waals surface area contributed by atoms with Crippen molar-refractivity contribution in [3.05, 3.63) is 23.8 Å². The van der Waals surface area contributed by atoms with E-state index in [0.29, 0.717) is 5.41 Å². The average molecular weight is 276 g/mol. The van der Waals surface area contributed by atoms with Crippen molar-refractivity contribution in [2.75, 3.05) is 25.1 Å². The van der Waals surface area contributed by atoms with Crippen LogP contribution in [0.2, 0.25) is 0 Å². The highest BCUT2D eigenvalue weighted by Crippen LogP contribution is 2.32. The number of anilines is 1.